The van der Waals surface area contributed by atoms with Gasteiger partial charge in [-0.2, -0.15) is 0 Å². The van der Waals surface area contributed by atoms with E-state index in [0.717, 1.165) is 4.90 Å². The number of anilines is 1. The summed E-state index contributed by atoms with van der Waals surface area (Å²) in [4.78, 5) is 24.6. The second-order valence-electron chi connectivity index (χ2n) is 6.08. The van der Waals surface area contributed by atoms with E-state index in [4.69, 9.17) is 4.74 Å². The molecular weight excluding hydrogens is 277 g/mol. The average Bonchev–Trinajstić information content (AvgIpc) is 2.35. The number of aliphatic carboxylic acids is 1. The molecule has 1 amide bonds. The maximum Gasteiger partial charge on any atom is 0.414 e. The number of benzene rings is 1. The normalized spacial score (nSPS) is 18.1. The molecule has 0 radical (unpaired) electrons. The average molecular weight is 295 g/mol. The Balaban J connectivity index is 2.40. The van der Waals surface area contributed by atoms with Crippen molar-refractivity contribution in [3.8, 4) is 0 Å². The first-order valence-electron chi connectivity index (χ1n) is 6.70. The predicted octanol–water partition coefficient (Wildman–Crippen LogP) is 2.82. The molecule has 114 valence electrons. The molecule has 1 heterocycles. The Kier molecular flexibility index (Phi) is 3.89. The molecule has 0 aromatic heterocycles. The third-order valence-corrected chi connectivity index (χ3v) is 3.17. The number of ether oxygens (including phenoxy) is 1. The van der Waals surface area contributed by atoms with Gasteiger partial charge in [-0.25, -0.2) is 9.18 Å². The lowest BCUT2D eigenvalue weighted by atomic mass is 9.92. The van der Waals surface area contributed by atoms with Crippen LogP contribution in [0.5, 0.6) is 0 Å². The summed E-state index contributed by atoms with van der Waals surface area (Å²) in [6, 6.07) is 4.38. The molecule has 0 saturated carbocycles. The van der Waals surface area contributed by atoms with Crippen LogP contribution in [0.3, 0.4) is 0 Å². The van der Waals surface area contributed by atoms with Gasteiger partial charge in [-0.3, -0.25) is 9.69 Å². The zero-order chi connectivity index (χ0) is 15.8. The van der Waals surface area contributed by atoms with Crippen molar-refractivity contribution < 1.29 is 23.8 Å². The fourth-order valence-corrected chi connectivity index (χ4v) is 2.32. The van der Waals surface area contributed by atoms with Crippen LogP contribution in [-0.2, 0) is 16.0 Å². The Labute approximate surface area is 122 Å². The maximum absolute atomic E-state index is 14.0. The van der Waals surface area contributed by atoms with Crippen molar-refractivity contribution in [2.24, 2.45) is 5.92 Å². The van der Waals surface area contributed by atoms with Gasteiger partial charge in [0.25, 0.3) is 0 Å². The van der Waals surface area contributed by atoms with Gasteiger partial charge in [0, 0.05) is 6.54 Å². The van der Waals surface area contributed by atoms with Crippen molar-refractivity contribution in [2.75, 3.05) is 11.4 Å². The van der Waals surface area contributed by atoms with Crippen molar-refractivity contribution >= 4 is 17.7 Å². The minimum Gasteiger partial charge on any atom is -0.481 e. The number of hydrogen-bond donors (Lipinski definition) is 1. The monoisotopic (exact) mass is 295 g/mol. The fraction of sp³-hybridized carbons (Fsp3) is 0.467. The standard InChI is InChI=1S/C15H18FNO4/c1-15(2,3)21-14(20)17-8-10(13(18)19)7-9-5-4-6-11(16)12(9)17/h4-6,10H,7-8H2,1-3H3,(H,18,19). The van der Waals surface area contributed by atoms with Crippen LogP contribution in [0.25, 0.3) is 0 Å². The lowest BCUT2D eigenvalue weighted by molar-refractivity contribution is -0.141. The smallest absolute Gasteiger partial charge is 0.414 e. The number of nitrogens with zero attached hydrogens (tertiary/aromatic N) is 1. The van der Waals surface area contributed by atoms with Crippen molar-refractivity contribution in [1.29, 1.82) is 0 Å². The van der Waals surface area contributed by atoms with Crippen LogP contribution in [0.2, 0.25) is 0 Å². The minimum atomic E-state index is -1.02. The quantitative estimate of drug-likeness (QED) is 0.865. The molecule has 1 aliphatic rings. The Morgan fingerprint density at radius 3 is 2.62 bits per heavy atom. The van der Waals surface area contributed by atoms with Crippen LogP contribution < -0.4 is 4.90 Å². The molecule has 21 heavy (non-hydrogen) atoms. The molecular formula is C15H18FNO4. The van der Waals surface area contributed by atoms with E-state index < -0.39 is 29.4 Å². The lowest BCUT2D eigenvalue weighted by Crippen LogP contribution is -2.45. The van der Waals surface area contributed by atoms with E-state index in [0.29, 0.717) is 5.56 Å². The molecule has 1 unspecified atom stereocenters. The number of halogens is 1. The summed E-state index contributed by atoms with van der Waals surface area (Å²) in [5.41, 5.74) is -0.123. The molecule has 6 heteroatoms. The molecule has 0 fully saturated rings. The number of rotatable bonds is 1. The highest BCUT2D eigenvalue weighted by molar-refractivity contribution is 5.91. The summed E-state index contributed by atoms with van der Waals surface area (Å²) in [7, 11) is 0. The van der Waals surface area contributed by atoms with E-state index in [2.05, 4.69) is 0 Å². The van der Waals surface area contributed by atoms with Gasteiger partial charge < -0.3 is 9.84 Å². The first kappa shape index (κ1) is 15.3. The van der Waals surface area contributed by atoms with Crippen molar-refractivity contribution in [3.05, 3.63) is 29.6 Å². The molecule has 1 atom stereocenters. The number of carboxylic acid groups (broad SMARTS) is 1. The molecule has 0 spiro atoms. The van der Waals surface area contributed by atoms with Crippen LogP contribution in [0.4, 0.5) is 14.9 Å². The molecule has 1 aromatic carbocycles. The SMILES string of the molecule is CC(C)(C)OC(=O)N1CC(C(=O)O)Cc2cccc(F)c21. The highest BCUT2D eigenvalue weighted by atomic mass is 19.1. The van der Waals surface area contributed by atoms with Gasteiger partial charge in [0.05, 0.1) is 11.6 Å². The third-order valence-electron chi connectivity index (χ3n) is 3.17. The first-order valence-corrected chi connectivity index (χ1v) is 6.70. The summed E-state index contributed by atoms with van der Waals surface area (Å²) in [5.74, 6) is -2.34. The first-order chi connectivity index (χ1) is 9.69. The maximum atomic E-state index is 14.0. The van der Waals surface area contributed by atoms with Crippen molar-refractivity contribution in [3.63, 3.8) is 0 Å². The number of carbonyl (C=O) groups excluding carboxylic acids is 1. The molecule has 0 aliphatic carbocycles. The van der Waals surface area contributed by atoms with E-state index in [-0.39, 0.29) is 18.7 Å². The van der Waals surface area contributed by atoms with Gasteiger partial charge in [-0.15, -0.1) is 0 Å². The molecule has 1 aromatic rings. The van der Waals surface area contributed by atoms with E-state index >= 15 is 0 Å². The molecule has 0 bridgehead atoms. The topological polar surface area (TPSA) is 66.8 Å². The van der Waals surface area contributed by atoms with Crippen molar-refractivity contribution in [1.82, 2.24) is 0 Å². The number of carboxylic acids is 1. The Bertz CT molecular complexity index is 580. The molecule has 5 nitrogen and oxygen atoms in total. The zero-order valence-electron chi connectivity index (χ0n) is 12.2. The molecule has 0 saturated heterocycles. The van der Waals surface area contributed by atoms with Gasteiger partial charge in [-0.05, 0) is 38.8 Å². The largest absolute Gasteiger partial charge is 0.481 e. The van der Waals surface area contributed by atoms with Gasteiger partial charge in [0.2, 0.25) is 0 Å². The fourth-order valence-electron chi connectivity index (χ4n) is 2.32. The van der Waals surface area contributed by atoms with Crippen LogP contribution >= 0.6 is 0 Å². The van der Waals surface area contributed by atoms with Crippen LogP contribution in [0, 0.1) is 11.7 Å². The summed E-state index contributed by atoms with van der Waals surface area (Å²) in [5, 5.41) is 9.19. The van der Waals surface area contributed by atoms with Gasteiger partial charge in [0.15, 0.2) is 0 Å². The third kappa shape index (κ3) is 3.32. The Morgan fingerprint density at radius 2 is 2.05 bits per heavy atom. The second-order valence-corrected chi connectivity index (χ2v) is 6.08. The summed E-state index contributed by atoms with van der Waals surface area (Å²) in [6.07, 6.45) is -0.540. The summed E-state index contributed by atoms with van der Waals surface area (Å²) >= 11 is 0. The zero-order valence-corrected chi connectivity index (χ0v) is 12.2. The lowest BCUT2D eigenvalue weighted by Gasteiger charge is -2.34. The van der Waals surface area contributed by atoms with Gasteiger partial charge >= 0.3 is 12.1 Å². The van der Waals surface area contributed by atoms with E-state index in [1.807, 2.05) is 0 Å². The summed E-state index contributed by atoms with van der Waals surface area (Å²) < 4.78 is 19.3. The predicted molar refractivity (Wildman–Crippen MR) is 74.8 cm³/mol. The van der Waals surface area contributed by atoms with Crippen LogP contribution in [-0.4, -0.2) is 29.3 Å². The number of para-hydroxylation sites is 1. The minimum absolute atomic E-state index is 0.0990. The second kappa shape index (κ2) is 5.35. The van der Waals surface area contributed by atoms with Crippen molar-refractivity contribution in [2.45, 2.75) is 32.8 Å². The molecule has 1 aliphatic heterocycles. The van der Waals surface area contributed by atoms with Gasteiger partial charge in [0.1, 0.15) is 11.4 Å². The van der Waals surface area contributed by atoms with Gasteiger partial charge in [-0.1, -0.05) is 12.1 Å². The van der Waals surface area contributed by atoms with E-state index in [1.165, 1.54) is 12.1 Å². The van der Waals surface area contributed by atoms with E-state index in [1.54, 1.807) is 26.8 Å². The summed E-state index contributed by atoms with van der Waals surface area (Å²) in [6.45, 7) is 5.00. The number of carbonyl (C=O) groups is 2. The van der Waals surface area contributed by atoms with E-state index in [9.17, 15) is 19.1 Å². The molecule has 1 N–H and O–H groups in total. The number of hydrogen-bond acceptors (Lipinski definition) is 3. The van der Waals surface area contributed by atoms with Crippen LogP contribution in [0.1, 0.15) is 26.3 Å². The highest BCUT2D eigenvalue weighted by Gasteiger charge is 2.36. The Hall–Kier alpha value is -2.11. The number of fused-ring (bicyclic) bond motifs is 1. The highest BCUT2D eigenvalue weighted by Crippen LogP contribution is 2.33. The molecule has 2 rings (SSSR count). The Morgan fingerprint density at radius 1 is 1.38 bits per heavy atom. The number of amides is 1. The van der Waals surface area contributed by atoms with Crippen LogP contribution in [0.15, 0.2) is 18.2 Å².